The van der Waals surface area contributed by atoms with Crippen LogP contribution in [-0.4, -0.2) is 23.0 Å². The molecule has 2 N–H and O–H groups in total. The molecule has 0 heterocycles. The lowest BCUT2D eigenvalue weighted by molar-refractivity contribution is -0.133. The summed E-state index contributed by atoms with van der Waals surface area (Å²) in [6.07, 6.45) is 9.81. The van der Waals surface area contributed by atoms with Crippen molar-refractivity contribution in [1.82, 2.24) is 5.32 Å². The predicted octanol–water partition coefficient (Wildman–Crippen LogP) is 2.78. The summed E-state index contributed by atoms with van der Waals surface area (Å²) in [4.78, 5) is 23.4. The molecule has 0 bridgehead atoms. The standard InChI is InChI=1S/C15H23NO3/c17-14(16-11-7-3-1-2-4-8-11)12-9-5-6-10-13(12)15(18)19/h11H,1-10H2,(H,16,17)(H,18,19). The lowest BCUT2D eigenvalue weighted by Crippen LogP contribution is -2.36. The maximum Gasteiger partial charge on any atom is 0.332 e. The van der Waals surface area contributed by atoms with Crippen LogP contribution in [0.25, 0.3) is 0 Å². The molecule has 0 aromatic carbocycles. The Balaban J connectivity index is 2.02. The molecule has 0 aliphatic heterocycles. The van der Waals surface area contributed by atoms with Crippen LogP contribution in [0.3, 0.4) is 0 Å². The van der Waals surface area contributed by atoms with Gasteiger partial charge < -0.3 is 10.4 Å². The molecule has 2 aliphatic carbocycles. The Hall–Kier alpha value is -1.32. The van der Waals surface area contributed by atoms with E-state index in [-0.39, 0.29) is 11.9 Å². The average Bonchev–Trinajstić information content (AvgIpc) is 2.67. The summed E-state index contributed by atoms with van der Waals surface area (Å²) < 4.78 is 0. The van der Waals surface area contributed by atoms with Gasteiger partial charge in [-0.25, -0.2) is 4.79 Å². The Labute approximate surface area is 114 Å². The van der Waals surface area contributed by atoms with E-state index in [0.717, 1.165) is 38.5 Å². The first kappa shape index (κ1) is 14.1. The quantitative estimate of drug-likeness (QED) is 0.771. The highest BCUT2D eigenvalue weighted by atomic mass is 16.4. The number of carboxylic acid groups (broad SMARTS) is 1. The number of aliphatic carboxylic acids is 1. The van der Waals surface area contributed by atoms with Crippen LogP contribution in [0.15, 0.2) is 11.1 Å². The van der Waals surface area contributed by atoms with Gasteiger partial charge in [0.15, 0.2) is 0 Å². The molecule has 106 valence electrons. The maximum absolute atomic E-state index is 12.3. The van der Waals surface area contributed by atoms with E-state index in [1.54, 1.807) is 0 Å². The second-order valence-corrected chi connectivity index (χ2v) is 5.63. The first-order chi connectivity index (χ1) is 9.18. The minimum Gasteiger partial charge on any atom is -0.478 e. The normalized spacial score (nSPS) is 21.9. The molecule has 0 atom stereocenters. The zero-order chi connectivity index (χ0) is 13.7. The topological polar surface area (TPSA) is 66.4 Å². The molecule has 1 saturated carbocycles. The van der Waals surface area contributed by atoms with Gasteiger partial charge in [-0.15, -0.1) is 0 Å². The molecule has 1 fully saturated rings. The van der Waals surface area contributed by atoms with Crippen LogP contribution in [0.1, 0.15) is 64.2 Å². The molecular weight excluding hydrogens is 242 g/mol. The van der Waals surface area contributed by atoms with E-state index in [1.165, 1.54) is 12.8 Å². The lowest BCUT2D eigenvalue weighted by Gasteiger charge is -2.21. The van der Waals surface area contributed by atoms with Crippen molar-refractivity contribution < 1.29 is 14.7 Å². The fourth-order valence-electron chi connectivity index (χ4n) is 3.09. The van der Waals surface area contributed by atoms with Gasteiger partial charge in [-0.05, 0) is 38.5 Å². The van der Waals surface area contributed by atoms with E-state index in [2.05, 4.69) is 5.32 Å². The second-order valence-electron chi connectivity index (χ2n) is 5.63. The van der Waals surface area contributed by atoms with Crippen molar-refractivity contribution in [3.63, 3.8) is 0 Å². The zero-order valence-electron chi connectivity index (χ0n) is 11.4. The molecule has 0 radical (unpaired) electrons. The van der Waals surface area contributed by atoms with Crippen LogP contribution in [-0.2, 0) is 9.59 Å². The van der Waals surface area contributed by atoms with Crippen LogP contribution in [0.4, 0.5) is 0 Å². The summed E-state index contributed by atoms with van der Waals surface area (Å²) >= 11 is 0. The molecule has 0 unspecified atom stereocenters. The highest BCUT2D eigenvalue weighted by Crippen LogP contribution is 2.26. The number of carbonyl (C=O) groups is 2. The van der Waals surface area contributed by atoms with Gasteiger partial charge in [0, 0.05) is 17.2 Å². The Kier molecular flexibility index (Phi) is 5.00. The molecule has 2 aliphatic rings. The van der Waals surface area contributed by atoms with Gasteiger partial charge in [0.1, 0.15) is 0 Å². The molecule has 0 aromatic rings. The third-order valence-corrected chi connectivity index (χ3v) is 4.19. The predicted molar refractivity (Wildman–Crippen MR) is 72.8 cm³/mol. The van der Waals surface area contributed by atoms with Gasteiger partial charge >= 0.3 is 5.97 Å². The van der Waals surface area contributed by atoms with Crippen molar-refractivity contribution in [2.24, 2.45) is 0 Å². The number of carbonyl (C=O) groups excluding carboxylic acids is 1. The summed E-state index contributed by atoms with van der Waals surface area (Å²) in [5.41, 5.74) is 0.848. The van der Waals surface area contributed by atoms with Crippen molar-refractivity contribution in [1.29, 1.82) is 0 Å². The fraction of sp³-hybridized carbons (Fsp3) is 0.733. The zero-order valence-corrected chi connectivity index (χ0v) is 11.4. The Morgan fingerprint density at radius 3 is 2.05 bits per heavy atom. The fourth-order valence-corrected chi connectivity index (χ4v) is 3.09. The van der Waals surface area contributed by atoms with E-state index in [9.17, 15) is 14.7 Å². The SMILES string of the molecule is O=C(O)C1=C(C(=O)NC2CCCCCC2)CCCC1. The van der Waals surface area contributed by atoms with E-state index in [0.29, 0.717) is 24.0 Å². The van der Waals surface area contributed by atoms with Gasteiger partial charge in [0.2, 0.25) is 5.91 Å². The van der Waals surface area contributed by atoms with Crippen molar-refractivity contribution in [2.75, 3.05) is 0 Å². The number of rotatable bonds is 3. The largest absolute Gasteiger partial charge is 0.478 e. The number of amides is 1. The molecule has 4 nitrogen and oxygen atoms in total. The summed E-state index contributed by atoms with van der Waals surface area (Å²) in [5, 5.41) is 12.2. The monoisotopic (exact) mass is 265 g/mol. The second kappa shape index (κ2) is 6.73. The van der Waals surface area contributed by atoms with Gasteiger partial charge in [-0.3, -0.25) is 4.79 Å². The summed E-state index contributed by atoms with van der Waals surface area (Å²) in [6.45, 7) is 0. The molecule has 19 heavy (non-hydrogen) atoms. The van der Waals surface area contributed by atoms with Gasteiger partial charge in [0.25, 0.3) is 0 Å². The van der Waals surface area contributed by atoms with Crippen LogP contribution in [0, 0.1) is 0 Å². The first-order valence-electron chi connectivity index (χ1n) is 7.44. The van der Waals surface area contributed by atoms with Gasteiger partial charge in [0.05, 0.1) is 0 Å². The molecular formula is C15H23NO3. The summed E-state index contributed by atoms with van der Waals surface area (Å²) in [6, 6.07) is 0.236. The third-order valence-electron chi connectivity index (χ3n) is 4.19. The Morgan fingerprint density at radius 1 is 0.895 bits per heavy atom. The van der Waals surface area contributed by atoms with Crippen LogP contribution < -0.4 is 5.32 Å². The van der Waals surface area contributed by atoms with Gasteiger partial charge in [-0.2, -0.15) is 0 Å². The molecule has 0 spiro atoms. The molecule has 1 amide bonds. The smallest absolute Gasteiger partial charge is 0.332 e. The average molecular weight is 265 g/mol. The molecule has 2 rings (SSSR count). The summed E-state index contributed by atoms with van der Waals surface area (Å²) in [7, 11) is 0. The van der Waals surface area contributed by atoms with Crippen molar-refractivity contribution in [3.05, 3.63) is 11.1 Å². The maximum atomic E-state index is 12.3. The van der Waals surface area contributed by atoms with Gasteiger partial charge in [-0.1, -0.05) is 25.7 Å². The number of nitrogens with one attached hydrogen (secondary N) is 1. The molecule has 0 saturated heterocycles. The lowest BCUT2D eigenvalue weighted by atomic mass is 9.91. The van der Waals surface area contributed by atoms with E-state index < -0.39 is 5.97 Å². The number of carboxylic acids is 1. The van der Waals surface area contributed by atoms with Crippen LogP contribution in [0.2, 0.25) is 0 Å². The Bertz CT molecular complexity index is 379. The minimum atomic E-state index is -0.925. The van der Waals surface area contributed by atoms with E-state index >= 15 is 0 Å². The first-order valence-corrected chi connectivity index (χ1v) is 7.44. The molecule has 0 aromatic heterocycles. The Morgan fingerprint density at radius 2 is 1.47 bits per heavy atom. The highest BCUT2D eigenvalue weighted by Gasteiger charge is 2.25. The number of hydrogen-bond donors (Lipinski definition) is 2. The number of hydrogen-bond acceptors (Lipinski definition) is 2. The van der Waals surface area contributed by atoms with Crippen molar-refractivity contribution in [3.8, 4) is 0 Å². The summed E-state index contributed by atoms with van der Waals surface area (Å²) in [5.74, 6) is -1.06. The van der Waals surface area contributed by atoms with Crippen molar-refractivity contribution >= 4 is 11.9 Å². The highest BCUT2D eigenvalue weighted by molar-refractivity contribution is 6.02. The third kappa shape index (κ3) is 3.82. The van der Waals surface area contributed by atoms with Crippen molar-refractivity contribution in [2.45, 2.75) is 70.3 Å². The van der Waals surface area contributed by atoms with E-state index in [1.807, 2.05) is 0 Å². The van der Waals surface area contributed by atoms with Crippen LogP contribution >= 0.6 is 0 Å². The minimum absolute atomic E-state index is 0.135. The molecule has 4 heteroatoms. The van der Waals surface area contributed by atoms with Crippen LogP contribution in [0.5, 0.6) is 0 Å². The van der Waals surface area contributed by atoms with E-state index in [4.69, 9.17) is 0 Å².